The number of Topliss-reactive ketones (excluding diaryl/α,β-unsaturated/α-hetero) is 1. The van der Waals surface area contributed by atoms with E-state index >= 15 is 0 Å². The first-order chi connectivity index (χ1) is 12.5. The number of benzene rings is 1. The lowest BCUT2D eigenvalue weighted by molar-refractivity contribution is -0.147. The van der Waals surface area contributed by atoms with Gasteiger partial charge in [0.15, 0.2) is 6.61 Å². The van der Waals surface area contributed by atoms with E-state index in [1.54, 1.807) is 36.4 Å². The number of rotatable bonds is 6. The minimum Gasteiger partial charge on any atom is -0.495 e. The Morgan fingerprint density at radius 1 is 1.27 bits per heavy atom. The number of halogens is 1. The maximum atomic E-state index is 12.3. The first-order valence-corrected chi connectivity index (χ1v) is 9.07. The highest BCUT2D eigenvalue weighted by Crippen LogP contribution is 2.33. The van der Waals surface area contributed by atoms with Gasteiger partial charge in [-0.3, -0.25) is 14.4 Å². The van der Waals surface area contributed by atoms with Gasteiger partial charge in [-0.25, -0.2) is 0 Å². The number of ether oxygens (including phenoxy) is 2. The van der Waals surface area contributed by atoms with E-state index in [4.69, 9.17) is 21.1 Å². The minimum atomic E-state index is -0.618. The molecule has 0 aliphatic carbocycles. The van der Waals surface area contributed by atoms with Crippen molar-refractivity contribution in [2.24, 2.45) is 5.92 Å². The van der Waals surface area contributed by atoms with Gasteiger partial charge < -0.3 is 14.4 Å². The van der Waals surface area contributed by atoms with Crippen molar-refractivity contribution in [3.05, 3.63) is 45.6 Å². The smallest absolute Gasteiger partial charge is 0.311 e. The van der Waals surface area contributed by atoms with E-state index in [0.29, 0.717) is 20.7 Å². The van der Waals surface area contributed by atoms with Crippen molar-refractivity contribution in [3.63, 3.8) is 0 Å². The molecule has 0 saturated carbocycles. The lowest BCUT2D eigenvalue weighted by Gasteiger charge is -2.19. The predicted octanol–water partition coefficient (Wildman–Crippen LogP) is 3.19. The third kappa shape index (κ3) is 3.89. The van der Waals surface area contributed by atoms with E-state index in [9.17, 15) is 14.4 Å². The fraction of sp³-hybridized carbons (Fsp3) is 0.278. The van der Waals surface area contributed by atoms with E-state index in [-0.39, 0.29) is 31.3 Å². The molecule has 1 fully saturated rings. The maximum Gasteiger partial charge on any atom is 0.311 e. The van der Waals surface area contributed by atoms with Crippen LogP contribution in [0.2, 0.25) is 4.34 Å². The fourth-order valence-corrected chi connectivity index (χ4v) is 3.71. The zero-order valence-electron chi connectivity index (χ0n) is 13.9. The number of hydrogen-bond acceptors (Lipinski definition) is 6. The van der Waals surface area contributed by atoms with Gasteiger partial charge in [0.05, 0.1) is 27.9 Å². The molecule has 0 spiro atoms. The Labute approximate surface area is 159 Å². The Morgan fingerprint density at radius 3 is 2.73 bits per heavy atom. The summed E-state index contributed by atoms with van der Waals surface area (Å²) in [6.07, 6.45) is 0.0376. The highest BCUT2D eigenvalue weighted by Gasteiger charge is 2.37. The predicted molar refractivity (Wildman–Crippen MR) is 98.1 cm³/mol. The van der Waals surface area contributed by atoms with Gasteiger partial charge in [0.2, 0.25) is 11.7 Å². The summed E-state index contributed by atoms with van der Waals surface area (Å²) in [5.74, 6) is -1.13. The molecular formula is C18H16ClNO5S. The third-order valence-electron chi connectivity index (χ3n) is 4.03. The molecule has 1 aliphatic rings. The molecular weight excluding hydrogens is 378 g/mol. The highest BCUT2D eigenvalue weighted by molar-refractivity contribution is 7.18. The number of methoxy groups -OCH3 is 1. The van der Waals surface area contributed by atoms with Gasteiger partial charge in [0.25, 0.3) is 0 Å². The van der Waals surface area contributed by atoms with Crippen molar-refractivity contribution in [1.29, 1.82) is 0 Å². The van der Waals surface area contributed by atoms with Crippen molar-refractivity contribution in [2.45, 2.75) is 6.42 Å². The SMILES string of the molecule is COc1ccccc1N1C[C@H](C(=O)OCC(=O)c2ccc(Cl)s2)CC1=O. The van der Waals surface area contributed by atoms with Crippen LogP contribution in [0, 0.1) is 5.92 Å². The quantitative estimate of drug-likeness (QED) is 0.556. The molecule has 136 valence electrons. The van der Waals surface area contributed by atoms with Gasteiger partial charge in [0, 0.05) is 13.0 Å². The van der Waals surface area contributed by atoms with Gasteiger partial charge in [0.1, 0.15) is 5.75 Å². The lowest BCUT2D eigenvalue weighted by atomic mass is 10.1. The van der Waals surface area contributed by atoms with Crippen LogP contribution in [0.5, 0.6) is 5.75 Å². The number of esters is 1. The first kappa shape index (κ1) is 18.4. The number of thiophene rings is 1. The van der Waals surface area contributed by atoms with Crippen LogP contribution in [-0.2, 0) is 14.3 Å². The average molecular weight is 394 g/mol. The van der Waals surface area contributed by atoms with E-state index in [1.165, 1.54) is 12.0 Å². The van der Waals surface area contributed by atoms with Crippen LogP contribution in [0.15, 0.2) is 36.4 Å². The molecule has 0 bridgehead atoms. The van der Waals surface area contributed by atoms with E-state index in [2.05, 4.69) is 0 Å². The molecule has 6 nitrogen and oxygen atoms in total. The van der Waals surface area contributed by atoms with Crippen LogP contribution in [0.25, 0.3) is 0 Å². The monoisotopic (exact) mass is 393 g/mol. The van der Waals surface area contributed by atoms with Gasteiger partial charge in [-0.2, -0.15) is 0 Å². The van der Waals surface area contributed by atoms with E-state index in [0.717, 1.165) is 11.3 Å². The van der Waals surface area contributed by atoms with Crippen molar-refractivity contribution in [3.8, 4) is 5.75 Å². The van der Waals surface area contributed by atoms with Crippen molar-refractivity contribution >= 4 is 46.3 Å². The van der Waals surface area contributed by atoms with Gasteiger partial charge in [-0.1, -0.05) is 23.7 Å². The Kier molecular flexibility index (Phi) is 5.58. The number of nitrogens with zero attached hydrogens (tertiary/aromatic N) is 1. The second kappa shape index (κ2) is 7.88. The standard InChI is InChI=1S/C18H16ClNO5S/c1-24-14-5-3-2-4-12(14)20-9-11(8-17(20)22)18(23)25-10-13(21)15-6-7-16(19)26-15/h2-7,11H,8-10H2,1H3/t11-/m1/s1. The molecule has 8 heteroatoms. The molecule has 1 amide bonds. The van der Waals surface area contributed by atoms with Crippen LogP contribution in [-0.4, -0.2) is 37.9 Å². The molecule has 1 aromatic carbocycles. The molecule has 1 atom stereocenters. The molecule has 1 aliphatic heterocycles. The summed E-state index contributed by atoms with van der Waals surface area (Å²) in [6, 6.07) is 10.3. The summed E-state index contributed by atoms with van der Waals surface area (Å²) in [5, 5.41) is 0. The summed E-state index contributed by atoms with van der Waals surface area (Å²) in [7, 11) is 1.52. The minimum absolute atomic E-state index is 0.0376. The number of ketones is 1. The van der Waals surface area contributed by atoms with Gasteiger partial charge >= 0.3 is 5.97 Å². The van der Waals surface area contributed by atoms with Crippen LogP contribution < -0.4 is 9.64 Å². The molecule has 3 rings (SSSR count). The van der Waals surface area contributed by atoms with Gasteiger partial charge in [-0.15, -0.1) is 11.3 Å². The summed E-state index contributed by atoms with van der Waals surface area (Å²) in [6.45, 7) is -0.175. The van der Waals surface area contributed by atoms with Crippen LogP contribution in [0.3, 0.4) is 0 Å². The largest absolute Gasteiger partial charge is 0.495 e. The summed E-state index contributed by atoms with van der Waals surface area (Å²) < 4.78 is 10.9. The third-order valence-corrected chi connectivity index (χ3v) is 5.30. The Balaban J connectivity index is 1.61. The van der Waals surface area contributed by atoms with Gasteiger partial charge in [-0.05, 0) is 24.3 Å². The molecule has 1 aromatic heterocycles. The number of amides is 1. The van der Waals surface area contributed by atoms with Crippen molar-refractivity contribution < 1.29 is 23.9 Å². The zero-order valence-corrected chi connectivity index (χ0v) is 15.5. The summed E-state index contributed by atoms with van der Waals surface area (Å²) >= 11 is 6.92. The van der Waals surface area contributed by atoms with E-state index in [1.807, 2.05) is 0 Å². The zero-order chi connectivity index (χ0) is 18.7. The highest BCUT2D eigenvalue weighted by atomic mass is 35.5. The second-order valence-electron chi connectivity index (χ2n) is 5.71. The maximum absolute atomic E-state index is 12.3. The molecule has 0 unspecified atom stereocenters. The Hall–Kier alpha value is -2.38. The fourth-order valence-electron chi connectivity index (χ4n) is 2.74. The Morgan fingerprint density at radius 2 is 2.04 bits per heavy atom. The number of hydrogen-bond donors (Lipinski definition) is 0. The molecule has 1 saturated heterocycles. The van der Waals surface area contributed by atoms with Crippen LogP contribution >= 0.6 is 22.9 Å². The number of para-hydroxylation sites is 2. The van der Waals surface area contributed by atoms with Crippen LogP contribution in [0.4, 0.5) is 5.69 Å². The van der Waals surface area contributed by atoms with Crippen LogP contribution in [0.1, 0.15) is 16.1 Å². The number of carbonyl (C=O) groups is 3. The Bertz CT molecular complexity index is 850. The average Bonchev–Trinajstić information content (AvgIpc) is 3.25. The normalized spacial score (nSPS) is 16.6. The summed E-state index contributed by atoms with van der Waals surface area (Å²) in [5.41, 5.74) is 0.611. The molecule has 0 N–H and O–H groups in total. The molecule has 0 radical (unpaired) electrons. The molecule has 26 heavy (non-hydrogen) atoms. The molecule has 2 heterocycles. The molecule has 2 aromatic rings. The van der Waals surface area contributed by atoms with E-state index < -0.39 is 11.9 Å². The second-order valence-corrected chi connectivity index (χ2v) is 7.43. The lowest BCUT2D eigenvalue weighted by Crippen LogP contribution is -2.27. The summed E-state index contributed by atoms with van der Waals surface area (Å²) in [4.78, 5) is 38.5. The van der Waals surface area contributed by atoms with Crippen molar-refractivity contribution in [2.75, 3.05) is 25.2 Å². The number of anilines is 1. The number of carbonyl (C=O) groups excluding carboxylic acids is 3. The van der Waals surface area contributed by atoms with Crippen molar-refractivity contribution in [1.82, 2.24) is 0 Å². The topological polar surface area (TPSA) is 72.9 Å². The first-order valence-electron chi connectivity index (χ1n) is 7.88.